The molecule has 0 atom stereocenters. The molecule has 0 aliphatic heterocycles. The molecular weight excluding hydrogens is 121 g/mol. The second kappa shape index (κ2) is 2.03. The van der Waals surface area contributed by atoms with Crippen LogP contribution in [0.1, 0.15) is 0 Å². The van der Waals surface area contributed by atoms with E-state index in [1.807, 2.05) is 0 Å². The Kier molecular flexibility index (Phi) is 1.90. The van der Waals surface area contributed by atoms with Crippen LogP contribution in [0.4, 0.5) is 13.2 Å². The van der Waals surface area contributed by atoms with Gasteiger partial charge >= 0.3 is 5.80 Å². The SMILES string of the molecule is C#C[SiH2]C(F)(F)F. The lowest BCUT2D eigenvalue weighted by Gasteiger charge is -1.95. The first-order valence-electron chi connectivity index (χ1n) is 1.56. The topological polar surface area (TPSA) is 0 Å². The first-order valence-corrected chi connectivity index (χ1v) is 2.98. The van der Waals surface area contributed by atoms with Gasteiger partial charge in [0.15, 0.2) is 0 Å². The zero-order chi connectivity index (χ0) is 5.91. The maximum atomic E-state index is 11.0. The molecule has 0 saturated carbocycles. The summed E-state index contributed by atoms with van der Waals surface area (Å²) in [4.78, 5) is 0. The van der Waals surface area contributed by atoms with Gasteiger partial charge in [0, 0.05) is 0 Å². The molecule has 0 aliphatic rings. The second-order valence-corrected chi connectivity index (χ2v) is 2.56. The molecule has 0 radical (unpaired) electrons. The average molecular weight is 124 g/mol. The van der Waals surface area contributed by atoms with Gasteiger partial charge in [-0.25, -0.2) is 0 Å². The molecule has 0 bridgehead atoms. The standard InChI is InChI=1S/C3H3F3Si/c1-2-7-3(4,5)6/h1H,7H2. The van der Waals surface area contributed by atoms with Gasteiger partial charge in [-0.3, -0.25) is 0 Å². The Labute approximate surface area is 41.5 Å². The predicted octanol–water partition coefficient (Wildman–Crippen LogP) is 0.266. The van der Waals surface area contributed by atoms with Crippen molar-refractivity contribution in [2.24, 2.45) is 0 Å². The Hall–Kier alpha value is -0.433. The molecule has 0 spiro atoms. The highest BCUT2D eigenvalue weighted by Crippen LogP contribution is 2.10. The molecule has 0 unspecified atom stereocenters. The Bertz CT molecular complexity index is 87.3. The first kappa shape index (κ1) is 6.57. The average Bonchev–Trinajstić information content (AvgIpc) is 1.30. The van der Waals surface area contributed by atoms with Crippen molar-refractivity contribution in [1.29, 1.82) is 0 Å². The van der Waals surface area contributed by atoms with E-state index >= 15 is 0 Å². The zero-order valence-corrected chi connectivity index (χ0v) is 4.83. The van der Waals surface area contributed by atoms with Crippen molar-refractivity contribution in [3.63, 3.8) is 0 Å². The molecule has 0 aromatic carbocycles. The number of hydrogen-bond acceptors (Lipinski definition) is 0. The van der Waals surface area contributed by atoms with Crippen LogP contribution < -0.4 is 0 Å². The van der Waals surface area contributed by atoms with Gasteiger partial charge in [0.25, 0.3) is 0 Å². The molecule has 0 saturated heterocycles. The van der Waals surface area contributed by atoms with Gasteiger partial charge in [-0.1, -0.05) is 0 Å². The van der Waals surface area contributed by atoms with Crippen LogP contribution >= 0.6 is 0 Å². The molecule has 40 valence electrons. The van der Waals surface area contributed by atoms with E-state index < -0.39 is 15.3 Å². The van der Waals surface area contributed by atoms with Crippen molar-refractivity contribution in [1.82, 2.24) is 0 Å². The quantitative estimate of drug-likeness (QED) is 0.321. The number of terminal acetylenes is 1. The van der Waals surface area contributed by atoms with E-state index in [0.29, 0.717) is 0 Å². The van der Waals surface area contributed by atoms with Gasteiger partial charge in [0.1, 0.15) is 0 Å². The van der Waals surface area contributed by atoms with Crippen molar-refractivity contribution in [2.45, 2.75) is 5.80 Å². The van der Waals surface area contributed by atoms with Crippen LogP contribution in [0.25, 0.3) is 0 Å². The highest BCUT2D eigenvalue weighted by Gasteiger charge is 2.25. The smallest absolute Gasteiger partial charge is 0.176 e. The highest BCUT2D eigenvalue weighted by molar-refractivity contribution is 6.48. The van der Waals surface area contributed by atoms with Crippen LogP contribution in [0, 0.1) is 12.0 Å². The van der Waals surface area contributed by atoms with Crippen LogP contribution in [0.15, 0.2) is 0 Å². The molecular formula is C3H3F3Si. The molecule has 0 fully saturated rings. The first-order chi connectivity index (χ1) is 3.06. The van der Waals surface area contributed by atoms with Gasteiger partial charge in [-0.15, -0.1) is 12.0 Å². The minimum atomic E-state index is -4.05. The summed E-state index contributed by atoms with van der Waals surface area (Å²) in [7, 11) is -2.21. The summed E-state index contributed by atoms with van der Waals surface area (Å²) in [6.45, 7) is 0. The Morgan fingerprint density at radius 2 is 1.86 bits per heavy atom. The molecule has 0 N–H and O–H groups in total. The molecule has 0 rings (SSSR count). The lowest BCUT2D eigenvalue weighted by molar-refractivity contribution is -0.0453. The summed E-state index contributed by atoms with van der Waals surface area (Å²) in [5, 5.41) is 0. The third kappa shape index (κ3) is 5.57. The fraction of sp³-hybridized carbons (Fsp3) is 0.333. The summed E-state index contributed by atoms with van der Waals surface area (Å²) in [5.74, 6) is -4.05. The zero-order valence-electron chi connectivity index (χ0n) is 3.42. The molecule has 0 nitrogen and oxygen atoms in total. The van der Waals surface area contributed by atoms with E-state index in [-0.39, 0.29) is 0 Å². The van der Waals surface area contributed by atoms with E-state index in [0.717, 1.165) is 0 Å². The summed E-state index contributed by atoms with van der Waals surface area (Å²) < 4.78 is 32.9. The molecule has 0 heterocycles. The Balaban J connectivity index is 3.40. The van der Waals surface area contributed by atoms with Gasteiger partial charge < -0.3 is 0 Å². The molecule has 0 aromatic heterocycles. The van der Waals surface area contributed by atoms with Gasteiger partial charge in [-0.05, 0) is 0 Å². The van der Waals surface area contributed by atoms with Crippen LogP contribution in [0.3, 0.4) is 0 Å². The summed E-state index contributed by atoms with van der Waals surface area (Å²) in [6.07, 6.45) is 4.41. The lowest BCUT2D eigenvalue weighted by atomic mass is 11.4. The maximum absolute atomic E-state index is 11.0. The fourth-order valence-electron chi connectivity index (χ4n) is 0.116. The lowest BCUT2D eigenvalue weighted by Crippen LogP contribution is -2.15. The van der Waals surface area contributed by atoms with Crippen molar-refractivity contribution in [3.05, 3.63) is 0 Å². The number of rotatable bonds is 0. The molecule has 0 aromatic rings. The van der Waals surface area contributed by atoms with E-state index in [1.54, 1.807) is 5.54 Å². The van der Waals surface area contributed by atoms with Gasteiger partial charge in [0.2, 0.25) is 9.52 Å². The van der Waals surface area contributed by atoms with E-state index in [9.17, 15) is 13.2 Å². The van der Waals surface area contributed by atoms with Crippen LogP contribution in [-0.2, 0) is 0 Å². The summed E-state index contributed by atoms with van der Waals surface area (Å²) in [6, 6.07) is 0. The monoisotopic (exact) mass is 124 g/mol. The maximum Gasteiger partial charge on any atom is 0.367 e. The minimum Gasteiger partial charge on any atom is -0.176 e. The summed E-state index contributed by atoms with van der Waals surface area (Å²) in [5.41, 5.74) is 1.62. The molecule has 0 aliphatic carbocycles. The normalized spacial score (nSPS) is 12.3. The van der Waals surface area contributed by atoms with Crippen molar-refractivity contribution >= 4 is 9.52 Å². The molecule has 7 heavy (non-hydrogen) atoms. The van der Waals surface area contributed by atoms with E-state index in [1.165, 1.54) is 0 Å². The van der Waals surface area contributed by atoms with Gasteiger partial charge in [-0.2, -0.15) is 13.2 Å². The van der Waals surface area contributed by atoms with Crippen LogP contribution in [-0.4, -0.2) is 15.3 Å². The van der Waals surface area contributed by atoms with E-state index in [2.05, 4.69) is 6.42 Å². The Morgan fingerprint density at radius 1 is 1.43 bits per heavy atom. The summed E-state index contributed by atoms with van der Waals surface area (Å²) >= 11 is 0. The predicted molar refractivity (Wildman–Crippen MR) is 23.4 cm³/mol. The van der Waals surface area contributed by atoms with Gasteiger partial charge in [0.05, 0.1) is 0 Å². The fourth-order valence-corrected chi connectivity index (χ4v) is 0.347. The number of halogens is 3. The molecule has 0 amide bonds. The third-order valence-corrected chi connectivity index (χ3v) is 0.908. The minimum absolute atomic E-state index is 1.62. The molecule has 4 heteroatoms. The third-order valence-electron chi connectivity index (χ3n) is 0.303. The second-order valence-electron chi connectivity index (χ2n) is 0.996. The highest BCUT2D eigenvalue weighted by atomic mass is 28.2. The van der Waals surface area contributed by atoms with Crippen molar-refractivity contribution in [2.75, 3.05) is 0 Å². The number of alkyl halides is 3. The van der Waals surface area contributed by atoms with Crippen molar-refractivity contribution < 1.29 is 13.2 Å². The van der Waals surface area contributed by atoms with Crippen LogP contribution in [0.5, 0.6) is 0 Å². The number of hydrogen-bond donors (Lipinski definition) is 0. The van der Waals surface area contributed by atoms with E-state index in [4.69, 9.17) is 0 Å². The van der Waals surface area contributed by atoms with Crippen LogP contribution in [0.2, 0.25) is 0 Å². The van der Waals surface area contributed by atoms with Crippen molar-refractivity contribution in [3.8, 4) is 12.0 Å². The largest absolute Gasteiger partial charge is 0.367 e. The Morgan fingerprint density at radius 3 is 1.86 bits per heavy atom.